The Morgan fingerprint density at radius 2 is 2.00 bits per heavy atom. The van der Waals surface area contributed by atoms with Crippen LogP contribution in [0.2, 0.25) is 0 Å². The van der Waals surface area contributed by atoms with Crippen LogP contribution in [0.1, 0.15) is 12.8 Å². The Bertz CT molecular complexity index is 413. The molecular formula is C14H21N3O2. The van der Waals surface area contributed by atoms with Gasteiger partial charge in [-0.3, -0.25) is 4.79 Å². The Hall–Kier alpha value is -1.59. The van der Waals surface area contributed by atoms with Crippen molar-refractivity contribution in [2.75, 3.05) is 37.0 Å². The van der Waals surface area contributed by atoms with Gasteiger partial charge in [0, 0.05) is 31.6 Å². The lowest BCUT2D eigenvalue weighted by molar-refractivity contribution is -0.118. The summed E-state index contributed by atoms with van der Waals surface area (Å²) in [5.74, 6) is -0.226. The van der Waals surface area contributed by atoms with E-state index in [-0.39, 0.29) is 12.5 Å². The molecule has 1 aliphatic rings. The van der Waals surface area contributed by atoms with Crippen LogP contribution < -0.4 is 16.0 Å². The minimum Gasteiger partial charge on any atom is -0.383 e. The van der Waals surface area contributed by atoms with Gasteiger partial charge in [-0.05, 0) is 37.1 Å². The molecule has 5 nitrogen and oxygen atoms in total. The lowest BCUT2D eigenvalue weighted by atomic mass is 10.2. The molecule has 1 aliphatic heterocycles. The van der Waals surface area contributed by atoms with Crippen molar-refractivity contribution in [1.29, 1.82) is 0 Å². The number of nitrogens with two attached hydrogens (primary N) is 1. The van der Waals surface area contributed by atoms with Crippen molar-refractivity contribution in [2.24, 2.45) is 5.73 Å². The number of rotatable bonds is 5. The smallest absolute Gasteiger partial charge is 0.243 e. The molecule has 1 unspecified atom stereocenters. The summed E-state index contributed by atoms with van der Waals surface area (Å²) >= 11 is 0. The zero-order valence-electron chi connectivity index (χ0n) is 11.3. The van der Waals surface area contributed by atoms with Gasteiger partial charge in [-0.2, -0.15) is 0 Å². The SMILES string of the molecule is COCC(N)C(=O)Nc1ccc(N2CCCC2)cc1. The highest BCUT2D eigenvalue weighted by Gasteiger charge is 2.14. The molecule has 0 saturated carbocycles. The number of ether oxygens (including phenoxy) is 1. The van der Waals surface area contributed by atoms with Crippen LogP contribution >= 0.6 is 0 Å². The fourth-order valence-corrected chi connectivity index (χ4v) is 2.22. The number of benzene rings is 1. The van der Waals surface area contributed by atoms with Gasteiger partial charge in [0.2, 0.25) is 5.91 Å². The summed E-state index contributed by atoms with van der Waals surface area (Å²) in [6, 6.07) is 7.24. The maximum Gasteiger partial charge on any atom is 0.243 e. The van der Waals surface area contributed by atoms with Gasteiger partial charge >= 0.3 is 0 Å². The Morgan fingerprint density at radius 1 is 1.37 bits per heavy atom. The Kier molecular flexibility index (Phi) is 4.76. The molecule has 0 bridgehead atoms. The first-order valence-corrected chi connectivity index (χ1v) is 6.61. The largest absolute Gasteiger partial charge is 0.383 e. The van der Waals surface area contributed by atoms with Crippen molar-refractivity contribution in [3.05, 3.63) is 24.3 Å². The summed E-state index contributed by atoms with van der Waals surface area (Å²) < 4.78 is 4.86. The monoisotopic (exact) mass is 263 g/mol. The van der Waals surface area contributed by atoms with E-state index in [2.05, 4.69) is 10.2 Å². The second kappa shape index (κ2) is 6.54. The van der Waals surface area contributed by atoms with Gasteiger partial charge in [0.15, 0.2) is 0 Å². The maximum atomic E-state index is 11.7. The third kappa shape index (κ3) is 3.68. The van der Waals surface area contributed by atoms with Gasteiger partial charge in [-0.15, -0.1) is 0 Å². The first-order chi connectivity index (χ1) is 9.20. The van der Waals surface area contributed by atoms with Crippen molar-refractivity contribution in [2.45, 2.75) is 18.9 Å². The highest BCUT2D eigenvalue weighted by molar-refractivity contribution is 5.94. The molecule has 3 N–H and O–H groups in total. The zero-order valence-corrected chi connectivity index (χ0v) is 11.3. The number of anilines is 2. The fourth-order valence-electron chi connectivity index (χ4n) is 2.22. The van der Waals surface area contributed by atoms with Crippen LogP contribution in [-0.2, 0) is 9.53 Å². The molecule has 19 heavy (non-hydrogen) atoms. The van der Waals surface area contributed by atoms with Gasteiger partial charge in [0.1, 0.15) is 6.04 Å². The second-order valence-corrected chi connectivity index (χ2v) is 4.79. The van der Waals surface area contributed by atoms with E-state index in [4.69, 9.17) is 10.5 Å². The molecule has 1 fully saturated rings. The second-order valence-electron chi connectivity index (χ2n) is 4.79. The summed E-state index contributed by atoms with van der Waals surface area (Å²) in [6.07, 6.45) is 2.51. The quantitative estimate of drug-likeness (QED) is 0.837. The zero-order chi connectivity index (χ0) is 13.7. The molecule has 1 atom stereocenters. The molecule has 104 valence electrons. The minimum atomic E-state index is -0.636. The van der Waals surface area contributed by atoms with Gasteiger partial charge < -0.3 is 20.7 Å². The van der Waals surface area contributed by atoms with E-state index in [1.165, 1.54) is 25.6 Å². The van der Waals surface area contributed by atoms with Crippen molar-refractivity contribution >= 4 is 17.3 Å². The van der Waals surface area contributed by atoms with Crippen LogP contribution in [0.25, 0.3) is 0 Å². The number of carbonyl (C=O) groups excluding carboxylic acids is 1. The average Bonchev–Trinajstić information content (AvgIpc) is 2.94. The number of hydrogen-bond donors (Lipinski definition) is 2. The average molecular weight is 263 g/mol. The Morgan fingerprint density at radius 3 is 2.58 bits per heavy atom. The Labute approximate surface area is 113 Å². The normalized spacial score (nSPS) is 16.4. The van der Waals surface area contributed by atoms with E-state index in [0.29, 0.717) is 0 Å². The highest BCUT2D eigenvalue weighted by atomic mass is 16.5. The molecule has 5 heteroatoms. The molecule has 2 rings (SSSR count). The van der Waals surface area contributed by atoms with Gasteiger partial charge in [-0.25, -0.2) is 0 Å². The molecule has 1 aromatic rings. The molecule has 0 spiro atoms. The van der Waals surface area contributed by atoms with E-state index >= 15 is 0 Å². The number of hydrogen-bond acceptors (Lipinski definition) is 4. The van der Waals surface area contributed by atoms with E-state index in [0.717, 1.165) is 18.8 Å². The van der Waals surface area contributed by atoms with E-state index in [1.54, 1.807) is 0 Å². The van der Waals surface area contributed by atoms with Crippen molar-refractivity contribution < 1.29 is 9.53 Å². The van der Waals surface area contributed by atoms with Gasteiger partial charge in [-0.1, -0.05) is 0 Å². The van der Waals surface area contributed by atoms with E-state index in [9.17, 15) is 4.79 Å². The highest BCUT2D eigenvalue weighted by Crippen LogP contribution is 2.21. The van der Waals surface area contributed by atoms with Crippen molar-refractivity contribution in [3.63, 3.8) is 0 Å². The topological polar surface area (TPSA) is 67.6 Å². The van der Waals surface area contributed by atoms with Crippen LogP contribution in [0.3, 0.4) is 0 Å². The summed E-state index contributed by atoms with van der Waals surface area (Å²) in [7, 11) is 1.53. The number of carbonyl (C=O) groups is 1. The fraction of sp³-hybridized carbons (Fsp3) is 0.500. The molecule has 0 aromatic heterocycles. The molecular weight excluding hydrogens is 242 g/mol. The third-order valence-corrected chi connectivity index (χ3v) is 3.29. The van der Waals surface area contributed by atoms with Crippen LogP contribution in [-0.4, -0.2) is 38.8 Å². The molecule has 1 saturated heterocycles. The molecule has 0 radical (unpaired) electrons. The standard InChI is InChI=1S/C14H21N3O2/c1-19-10-13(15)14(18)16-11-4-6-12(7-5-11)17-8-2-3-9-17/h4-7,13H,2-3,8-10,15H2,1H3,(H,16,18). The first-order valence-electron chi connectivity index (χ1n) is 6.61. The third-order valence-electron chi connectivity index (χ3n) is 3.29. The molecule has 0 aliphatic carbocycles. The lowest BCUT2D eigenvalue weighted by Gasteiger charge is -2.18. The Balaban J connectivity index is 1.92. The summed E-state index contributed by atoms with van der Waals surface area (Å²) in [4.78, 5) is 14.1. The molecule has 1 amide bonds. The van der Waals surface area contributed by atoms with Crippen LogP contribution in [0.5, 0.6) is 0 Å². The van der Waals surface area contributed by atoms with Crippen LogP contribution in [0.4, 0.5) is 11.4 Å². The lowest BCUT2D eigenvalue weighted by Crippen LogP contribution is -2.39. The van der Waals surface area contributed by atoms with E-state index in [1.807, 2.05) is 24.3 Å². The molecule has 1 heterocycles. The summed E-state index contributed by atoms with van der Waals surface area (Å²) in [5.41, 5.74) is 7.63. The number of nitrogens with zero attached hydrogens (tertiary/aromatic N) is 1. The number of methoxy groups -OCH3 is 1. The van der Waals surface area contributed by atoms with Gasteiger partial charge in [0.05, 0.1) is 6.61 Å². The predicted octanol–water partition coefficient (Wildman–Crippen LogP) is 1.20. The number of amides is 1. The summed E-state index contributed by atoms with van der Waals surface area (Å²) in [5, 5.41) is 2.78. The van der Waals surface area contributed by atoms with Crippen molar-refractivity contribution in [3.8, 4) is 0 Å². The van der Waals surface area contributed by atoms with Gasteiger partial charge in [0.25, 0.3) is 0 Å². The molecule has 1 aromatic carbocycles. The van der Waals surface area contributed by atoms with E-state index < -0.39 is 6.04 Å². The van der Waals surface area contributed by atoms with Crippen molar-refractivity contribution in [1.82, 2.24) is 0 Å². The number of nitrogens with one attached hydrogen (secondary N) is 1. The summed E-state index contributed by atoms with van der Waals surface area (Å²) in [6.45, 7) is 2.45. The predicted molar refractivity (Wildman–Crippen MR) is 76.4 cm³/mol. The van der Waals surface area contributed by atoms with Crippen LogP contribution in [0, 0.1) is 0 Å². The van der Waals surface area contributed by atoms with Crippen LogP contribution in [0.15, 0.2) is 24.3 Å². The maximum absolute atomic E-state index is 11.7. The minimum absolute atomic E-state index is 0.220. The first kappa shape index (κ1) is 13.8.